The number of allylic oxidation sites excluding steroid dienone is 1. The summed E-state index contributed by atoms with van der Waals surface area (Å²) in [6, 6.07) is 8.88. The summed E-state index contributed by atoms with van der Waals surface area (Å²) in [6.07, 6.45) is 2.71. The van der Waals surface area contributed by atoms with Gasteiger partial charge in [-0.25, -0.2) is 4.98 Å². The normalized spacial score (nSPS) is 16.7. The van der Waals surface area contributed by atoms with Crippen molar-refractivity contribution in [1.82, 2.24) is 9.55 Å². The van der Waals surface area contributed by atoms with E-state index in [1.807, 2.05) is 18.2 Å². The van der Waals surface area contributed by atoms with Crippen molar-refractivity contribution in [2.75, 3.05) is 13.2 Å². The van der Waals surface area contributed by atoms with Crippen LogP contribution in [0.3, 0.4) is 0 Å². The Hall–Kier alpha value is -2.50. The van der Waals surface area contributed by atoms with E-state index in [4.69, 9.17) is 32.7 Å². The zero-order chi connectivity index (χ0) is 18.5. The van der Waals surface area contributed by atoms with E-state index < -0.39 is 0 Å². The molecule has 27 heavy (non-hydrogen) atoms. The molecule has 0 radical (unpaired) electrons. The molecule has 0 saturated carbocycles. The number of nitrogens with zero attached hydrogens (tertiary/aromatic N) is 2. The summed E-state index contributed by atoms with van der Waals surface area (Å²) in [7, 11) is 0. The predicted molar refractivity (Wildman–Crippen MR) is 106 cm³/mol. The highest BCUT2D eigenvalue weighted by atomic mass is 35.5. The Balaban J connectivity index is 1.64. The van der Waals surface area contributed by atoms with Gasteiger partial charge < -0.3 is 9.47 Å². The Bertz CT molecular complexity index is 1180. The molecule has 5 nitrogen and oxygen atoms in total. The molecule has 3 heterocycles. The number of rotatable bonds is 1. The number of fused-ring (bicyclic) bond motifs is 3. The van der Waals surface area contributed by atoms with E-state index in [2.05, 4.69) is 4.98 Å². The quantitative estimate of drug-likeness (QED) is 0.606. The van der Waals surface area contributed by atoms with Crippen LogP contribution in [0.15, 0.2) is 35.1 Å². The third-order valence-electron chi connectivity index (χ3n) is 4.77. The van der Waals surface area contributed by atoms with E-state index in [0.717, 1.165) is 17.6 Å². The minimum absolute atomic E-state index is 0.0460. The molecule has 1 aromatic heterocycles. The van der Waals surface area contributed by atoms with Gasteiger partial charge in [-0.3, -0.25) is 9.36 Å². The number of aromatic nitrogens is 2. The average molecular weight is 401 g/mol. The number of hydrogen-bond donors (Lipinski definition) is 0. The standard InChI is InChI=1S/C20H14Cl2N2O3/c21-13-1-2-14-16(10-13)23-19-12(3-4-24(19)20(14)25)7-11-8-15(22)18-17(9-11)26-5-6-27-18/h1-2,7-10H,3-6H2/b12-7-. The highest BCUT2D eigenvalue weighted by Gasteiger charge is 2.22. The molecular weight excluding hydrogens is 387 g/mol. The van der Waals surface area contributed by atoms with Crippen molar-refractivity contribution in [3.8, 4) is 11.5 Å². The lowest BCUT2D eigenvalue weighted by Gasteiger charge is -2.19. The Morgan fingerprint density at radius 1 is 1.11 bits per heavy atom. The lowest BCUT2D eigenvalue weighted by molar-refractivity contribution is 0.171. The second-order valence-electron chi connectivity index (χ2n) is 6.50. The van der Waals surface area contributed by atoms with Crippen molar-refractivity contribution in [1.29, 1.82) is 0 Å². The third kappa shape index (κ3) is 2.78. The number of benzene rings is 2. The monoisotopic (exact) mass is 400 g/mol. The molecule has 0 aliphatic carbocycles. The smallest absolute Gasteiger partial charge is 0.261 e. The van der Waals surface area contributed by atoms with Crippen molar-refractivity contribution in [2.45, 2.75) is 13.0 Å². The summed E-state index contributed by atoms with van der Waals surface area (Å²) in [4.78, 5) is 17.5. The number of ether oxygens (including phenoxy) is 2. The molecule has 0 spiro atoms. The molecule has 0 saturated heterocycles. The van der Waals surface area contributed by atoms with Crippen molar-refractivity contribution in [3.63, 3.8) is 0 Å². The minimum atomic E-state index is -0.0460. The molecule has 0 fully saturated rings. The summed E-state index contributed by atoms with van der Waals surface area (Å²) in [5.41, 5.74) is 2.41. The fourth-order valence-corrected chi connectivity index (χ4v) is 3.98. The molecule has 2 aromatic carbocycles. The highest BCUT2D eigenvalue weighted by Crippen LogP contribution is 2.39. The average Bonchev–Trinajstić information content (AvgIpc) is 3.04. The Labute approximate surface area is 164 Å². The van der Waals surface area contributed by atoms with Gasteiger partial charge in [0.05, 0.1) is 15.9 Å². The molecule has 5 rings (SSSR count). The maximum atomic E-state index is 12.8. The molecular formula is C20H14Cl2N2O3. The maximum Gasteiger partial charge on any atom is 0.261 e. The highest BCUT2D eigenvalue weighted by molar-refractivity contribution is 6.32. The number of halogens is 2. The van der Waals surface area contributed by atoms with Gasteiger partial charge in [0.25, 0.3) is 5.56 Å². The topological polar surface area (TPSA) is 53.4 Å². The van der Waals surface area contributed by atoms with Gasteiger partial charge in [-0.15, -0.1) is 0 Å². The molecule has 136 valence electrons. The second kappa shape index (κ2) is 6.29. The fourth-order valence-electron chi connectivity index (χ4n) is 3.54. The summed E-state index contributed by atoms with van der Waals surface area (Å²) >= 11 is 12.4. The van der Waals surface area contributed by atoms with Crippen LogP contribution >= 0.6 is 23.2 Å². The molecule has 7 heteroatoms. The molecule has 0 amide bonds. The SMILES string of the molecule is O=c1c2ccc(Cl)cc2nc2n1CC/C2=C/c1cc(Cl)c2c(c1)OCCO2. The van der Waals surface area contributed by atoms with Crippen molar-refractivity contribution >= 4 is 45.8 Å². The number of hydrogen-bond acceptors (Lipinski definition) is 4. The van der Waals surface area contributed by atoms with E-state index in [1.54, 1.807) is 22.8 Å². The first kappa shape index (κ1) is 16.7. The lowest BCUT2D eigenvalue weighted by atomic mass is 10.1. The molecule has 0 bridgehead atoms. The van der Waals surface area contributed by atoms with Crippen molar-refractivity contribution in [3.05, 3.63) is 62.1 Å². The molecule has 0 atom stereocenters. The molecule has 2 aliphatic rings. The van der Waals surface area contributed by atoms with Gasteiger partial charge in [0, 0.05) is 11.6 Å². The first-order valence-corrected chi connectivity index (χ1v) is 9.36. The minimum Gasteiger partial charge on any atom is -0.486 e. The molecule has 3 aromatic rings. The van der Waals surface area contributed by atoms with Crippen LogP contribution in [0, 0.1) is 0 Å². The van der Waals surface area contributed by atoms with Gasteiger partial charge in [0.2, 0.25) is 0 Å². The van der Waals surface area contributed by atoms with Crippen molar-refractivity contribution in [2.24, 2.45) is 0 Å². The Kier molecular flexibility index (Phi) is 3.88. The summed E-state index contributed by atoms with van der Waals surface area (Å²) in [5, 5.41) is 1.64. The Morgan fingerprint density at radius 2 is 1.96 bits per heavy atom. The largest absolute Gasteiger partial charge is 0.486 e. The zero-order valence-corrected chi connectivity index (χ0v) is 15.7. The molecule has 0 N–H and O–H groups in total. The van der Waals surface area contributed by atoms with Crippen LogP contribution in [0.4, 0.5) is 0 Å². The lowest BCUT2D eigenvalue weighted by Crippen LogP contribution is -2.20. The Morgan fingerprint density at radius 3 is 2.85 bits per heavy atom. The van der Waals surface area contributed by atoms with Gasteiger partial charge in [0.15, 0.2) is 11.5 Å². The maximum absolute atomic E-state index is 12.8. The van der Waals surface area contributed by atoms with Crippen LogP contribution in [0.1, 0.15) is 17.8 Å². The van der Waals surface area contributed by atoms with E-state index >= 15 is 0 Å². The molecule has 2 aliphatic heterocycles. The summed E-state index contributed by atoms with van der Waals surface area (Å²) in [6.45, 7) is 1.59. The van der Waals surface area contributed by atoms with E-state index in [9.17, 15) is 4.79 Å². The first-order valence-electron chi connectivity index (χ1n) is 8.60. The van der Waals surface area contributed by atoms with Gasteiger partial charge in [-0.2, -0.15) is 0 Å². The van der Waals surface area contributed by atoms with Crippen molar-refractivity contribution < 1.29 is 9.47 Å². The summed E-state index contributed by atoms with van der Waals surface area (Å²) < 4.78 is 12.9. The van der Waals surface area contributed by atoms with Crippen LogP contribution in [-0.4, -0.2) is 22.8 Å². The first-order chi connectivity index (χ1) is 13.1. The van der Waals surface area contributed by atoms with Crippen LogP contribution in [0.25, 0.3) is 22.6 Å². The van der Waals surface area contributed by atoms with E-state index in [1.165, 1.54) is 0 Å². The fraction of sp³-hybridized carbons (Fsp3) is 0.200. The van der Waals surface area contributed by atoms with E-state index in [0.29, 0.717) is 58.0 Å². The van der Waals surface area contributed by atoms with Crippen LogP contribution in [0.2, 0.25) is 10.0 Å². The zero-order valence-electron chi connectivity index (χ0n) is 14.2. The van der Waals surface area contributed by atoms with Gasteiger partial charge in [-0.05, 0) is 54.0 Å². The van der Waals surface area contributed by atoms with Crippen LogP contribution < -0.4 is 15.0 Å². The van der Waals surface area contributed by atoms with Crippen LogP contribution in [0.5, 0.6) is 11.5 Å². The third-order valence-corrected chi connectivity index (χ3v) is 5.29. The summed E-state index contributed by atoms with van der Waals surface area (Å²) in [5.74, 6) is 1.88. The predicted octanol–water partition coefficient (Wildman–Crippen LogP) is 4.42. The van der Waals surface area contributed by atoms with Gasteiger partial charge in [-0.1, -0.05) is 23.2 Å². The molecule has 0 unspecified atom stereocenters. The van der Waals surface area contributed by atoms with Crippen LogP contribution in [-0.2, 0) is 6.54 Å². The van der Waals surface area contributed by atoms with Gasteiger partial charge >= 0.3 is 0 Å². The van der Waals surface area contributed by atoms with Gasteiger partial charge in [0.1, 0.15) is 19.0 Å². The second-order valence-corrected chi connectivity index (χ2v) is 7.34. The van der Waals surface area contributed by atoms with E-state index in [-0.39, 0.29) is 5.56 Å².